The zero-order chi connectivity index (χ0) is 15.0. The minimum absolute atomic E-state index is 0.174. The van der Waals surface area contributed by atoms with E-state index in [4.69, 9.17) is 5.73 Å². The van der Waals surface area contributed by atoms with Crippen LogP contribution in [0.15, 0.2) is 40.9 Å². The van der Waals surface area contributed by atoms with Crippen molar-refractivity contribution in [3.05, 3.63) is 46.4 Å². The third kappa shape index (κ3) is 3.17. The fourth-order valence-corrected chi connectivity index (χ4v) is 4.01. The fraction of sp³-hybridized carbons (Fsp3) is 0.474. The molecule has 1 aliphatic carbocycles. The molecule has 21 heavy (non-hydrogen) atoms. The van der Waals surface area contributed by atoms with E-state index < -0.39 is 0 Å². The second-order valence-electron chi connectivity index (χ2n) is 6.80. The number of hydrogen-bond acceptors (Lipinski definition) is 1. The molecule has 1 saturated carbocycles. The van der Waals surface area contributed by atoms with Gasteiger partial charge in [-0.15, -0.1) is 0 Å². The molecule has 4 atom stereocenters. The van der Waals surface area contributed by atoms with Crippen LogP contribution in [0.5, 0.6) is 0 Å². The van der Waals surface area contributed by atoms with Crippen molar-refractivity contribution in [3.8, 4) is 0 Å². The molecule has 2 heteroatoms. The van der Waals surface area contributed by atoms with Gasteiger partial charge in [0.1, 0.15) is 0 Å². The van der Waals surface area contributed by atoms with Gasteiger partial charge in [0.15, 0.2) is 0 Å². The minimum Gasteiger partial charge on any atom is -0.324 e. The quantitative estimate of drug-likeness (QED) is 0.744. The topological polar surface area (TPSA) is 26.0 Å². The lowest BCUT2D eigenvalue weighted by molar-refractivity contribution is 0.186. The maximum Gasteiger partial charge on any atom is 0.0323 e. The molecule has 0 spiro atoms. The van der Waals surface area contributed by atoms with E-state index in [2.05, 4.69) is 66.2 Å². The van der Waals surface area contributed by atoms with E-state index in [0.717, 1.165) is 16.3 Å². The third-order valence-corrected chi connectivity index (χ3v) is 5.85. The largest absolute Gasteiger partial charge is 0.324 e. The highest BCUT2D eigenvalue weighted by Crippen LogP contribution is 2.39. The summed E-state index contributed by atoms with van der Waals surface area (Å²) in [6.45, 7) is 4.75. The van der Waals surface area contributed by atoms with Gasteiger partial charge in [-0.25, -0.2) is 0 Å². The van der Waals surface area contributed by atoms with E-state index >= 15 is 0 Å². The van der Waals surface area contributed by atoms with E-state index in [-0.39, 0.29) is 6.04 Å². The van der Waals surface area contributed by atoms with Gasteiger partial charge in [-0.1, -0.05) is 54.4 Å². The van der Waals surface area contributed by atoms with Gasteiger partial charge in [0.25, 0.3) is 0 Å². The standard InChI is InChI=1S/C19H24BrN/c1-12-3-4-16(9-13(12)2)19(21)17-6-5-15-11-18(20)8-7-14(15)10-17/h5-8,10-13,16,19H,3-4,9,21H2,1-2H3. The molecule has 0 radical (unpaired) electrons. The summed E-state index contributed by atoms with van der Waals surface area (Å²) in [6.07, 6.45) is 3.85. The molecule has 0 aliphatic heterocycles. The molecule has 4 unspecified atom stereocenters. The Kier molecular flexibility index (Phi) is 4.37. The summed E-state index contributed by atoms with van der Waals surface area (Å²) in [5, 5.41) is 2.55. The highest BCUT2D eigenvalue weighted by molar-refractivity contribution is 9.10. The Morgan fingerprint density at radius 2 is 1.71 bits per heavy atom. The van der Waals surface area contributed by atoms with Crippen LogP contribution >= 0.6 is 15.9 Å². The summed E-state index contributed by atoms with van der Waals surface area (Å²) in [5.74, 6) is 2.28. The molecule has 0 saturated heterocycles. The molecule has 1 aliphatic rings. The second kappa shape index (κ2) is 6.10. The van der Waals surface area contributed by atoms with Crippen molar-refractivity contribution >= 4 is 26.7 Å². The van der Waals surface area contributed by atoms with Gasteiger partial charge in [0.2, 0.25) is 0 Å². The van der Waals surface area contributed by atoms with E-state index in [0.29, 0.717) is 5.92 Å². The monoisotopic (exact) mass is 345 g/mol. The van der Waals surface area contributed by atoms with Crippen molar-refractivity contribution in [2.24, 2.45) is 23.5 Å². The van der Waals surface area contributed by atoms with Crippen molar-refractivity contribution < 1.29 is 0 Å². The maximum atomic E-state index is 6.59. The van der Waals surface area contributed by atoms with E-state index in [1.807, 2.05) is 0 Å². The second-order valence-corrected chi connectivity index (χ2v) is 7.72. The van der Waals surface area contributed by atoms with Gasteiger partial charge in [0.05, 0.1) is 0 Å². The summed E-state index contributed by atoms with van der Waals surface area (Å²) in [4.78, 5) is 0. The molecule has 2 aromatic rings. The summed E-state index contributed by atoms with van der Waals surface area (Å²) in [6, 6.07) is 13.3. The first-order chi connectivity index (χ1) is 10.0. The zero-order valence-corrected chi connectivity index (χ0v) is 14.4. The fourth-order valence-electron chi connectivity index (χ4n) is 3.63. The van der Waals surface area contributed by atoms with Gasteiger partial charge in [-0.3, -0.25) is 0 Å². The molecular formula is C19H24BrN. The van der Waals surface area contributed by atoms with Crippen LogP contribution in [0, 0.1) is 17.8 Å². The average molecular weight is 346 g/mol. The number of benzene rings is 2. The van der Waals surface area contributed by atoms with Crippen molar-refractivity contribution in [1.29, 1.82) is 0 Å². The predicted octanol–water partition coefficient (Wildman–Crippen LogP) is 5.67. The highest BCUT2D eigenvalue weighted by atomic mass is 79.9. The SMILES string of the molecule is CC1CCC(C(N)c2ccc3cc(Br)ccc3c2)CC1C. The first kappa shape index (κ1) is 15.1. The van der Waals surface area contributed by atoms with Crippen LogP contribution in [0.1, 0.15) is 44.7 Å². The first-order valence-electron chi connectivity index (χ1n) is 7.99. The Hall–Kier alpha value is -0.860. The van der Waals surface area contributed by atoms with Crippen molar-refractivity contribution in [1.82, 2.24) is 0 Å². The summed E-state index contributed by atoms with van der Waals surface area (Å²) in [5.41, 5.74) is 7.88. The van der Waals surface area contributed by atoms with Gasteiger partial charge in [0, 0.05) is 10.5 Å². The smallest absolute Gasteiger partial charge is 0.0323 e. The minimum atomic E-state index is 0.174. The van der Waals surface area contributed by atoms with Crippen LogP contribution < -0.4 is 5.73 Å². The number of rotatable bonds is 2. The molecule has 1 fully saturated rings. The molecule has 3 rings (SSSR count). The summed E-state index contributed by atoms with van der Waals surface area (Å²) >= 11 is 3.53. The average Bonchev–Trinajstić information content (AvgIpc) is 2.49. The predicted molar refractivity (Wildman–Crippen MR) is 94.2 cm³/mol. The summed E-state index contributed by atoms with van der Waals surface area (Å²) in [7, 11) is 0. The Morgan fingerprint density at radius 1 is 1.00 bits per heavy atom. The van der Waals surface area contributed by atoms with Crippen LogP contribution in [-0.2, 0) is 0 Å². The number of hydrogen-bond donors (Lipinski definition) is 1. The normalized spacial score (nSPS) is 27.7. The molecule has 0 bridgehead atoms. The van der Waals surface area contributed by atoms with Gasteiger partial charge in [-0.05, 0) is 65.1 Å². The van der Waals surface area contributed by atoms with Crippen LogP contribution in [0.25, 0.3) is 10.8 Å². The van der Waals surface area contributed by atoms with Crippen molar-refractivity contribution in [3.63, 3.8) is 0 Å². The number of nitrogens with two attached hydrogens (primary N) is 1. The lowest BCUT2D eigenvalue weighted by Gasteiger charge is -2.35. The molecule has 0 amide bonds. The lowest BCUT2D eigenvalue weighted by Crippen LogP contribution is -2.29. The number of fused-ring (bicyclic) bond motifs is 1. The lowest BCUT2D eigenvalue weighted by atomic mass is 9.72. The Bertz CT molecular complexity index is 636. The van der Waals surface area contributed by atoms with Crippen LogP contribution in [-0.4, -0.2) is 0 Å². The van der Waals surface area contributed by atoms with Crippen LogP contribution in [0.2, 0.25) is 0 Å². The Labute approximate surface area is 136 Å². The van der Waals surface area contributed by atoms with Gasteiger partial charge >= 0.3 is 0 Å². The van der Waals surface area contributed by atoms with Gasteiger partial charge < -0.3 is 5.73 Å². The van der Waals surface area contributed by atoms with Crippen molar-refractivity contribution in [2.45, 2.75) is 39.2 Å². The molecule has 1 nitrogen and oxygen atoms in total. The molecule has 112 valence electrons. The molecule has 0 aromatic heterocycles. The van der Waals surface area contributed by atoms with E-state index in [9.17, 15) is 0 Å². The third-order valence-electron chi connectivity index (χ3n) is 5.36. The molecular weight excluding hydrogens is 322 g/mol. The van der Waals surface area contributed by atoms with E-state index in [1.54, 1.807) is 0 Å². The molecule has 2 aromatic carbocycles. The number of halogens is 1. The van der Waals surface area contributed by atoms with Gasteiger partial charge in [-0.2, -0.15) is 0 Å². The zero-order valence-electron chi connectivity index (χ0n) is 12.9. The molecule has 0 heterocycles. The van der Waals surface area contributed by atoms with Crippen LogP contribution in [0.3, 0.4) is 0 Å². The first-order valence-corrected chi connectivity index (χ1v) is 8.78. The Morgan fingerprint density at radius 3 is 2.48 bits per heavy atom. The van der Waals surface area contributed by atoms with E-state index in [1.165, 1.54) is 35.6 Å². The highest BCUT2D eigenvalue weighted by Gasteiger charge is 2.29. The Balaban J connectivity index is 1.84. The maximum absolute atomic E-state index is 6.59. The van der Waals surface area contributed by atoms with Crippen molar-refractivity contribution in [2.75, 3.05) is 0 Å². The van der Waals surface area contributed by atoms with Crippen LogP contribution in [0.4, 0.5) is 0 Å². The molecule has 2 N–H and O–H groups in total. The summed E-state index contributed by atoms with van der Waals surface area (Å²) < 4.78 is 1.13.